The number of benzene rings is 2. The van der Waals surface area contributed by atoms with Crippen molar-refractivity contribution >= 4 is 11.4 Å². The molecule has 0 radical (unpaired) electrons. The highest BCUT2D eigenvalue weighted by atomic mass is 19.1. The fourth-order valence-electron chi connectivity index (χ4n) is 5.23. The molecule has 0 saturated carbocycles. The van der Waals surface area contributed by atoms with E-state index in [1.165, 1.54) is 12.1 Å². The third-order valence-electron chi connectivity index (χ3n) is 6.91. The van der Waals surface area contributed by atoms with Crippen molar-refractivity contribution in [2.24, 2.45) is 5.41 Å². The monoisotopic (exact) mass is 500 g/mol. The third kappa shape index (κ3) is 3.82. The topological polar surface area (TPSA) is 87.8 Å². The van der Waals surface area contributed by atoms with Crippen LogP contribution < -0.4 is 14.2 Å². The van der Waals surface area contributed by atoms with Gasteiger partial charge in [-0.25, -0.2) is 18.9 Å². The molecule has 188 valence electrons. The fraction of sp³-hybridized carbons (Fsp3) is 0.286. The van der Waals surface area contributed by atoms with Crippen molar-refractivity contribution in [1.29, 1.82) is 0 Å². The van der Waals surface area contributed by atoms with Gasteiger partial charge in [0.1, 0.15) is 17.9 Å². The van der Waals surface area contributed by atoms with Crippen molar-refractivity contribution < 1.29 is 23.4 Å². The zero-order valence-corrected chi connectivity index (χ0v) is 20.9. The molecule has 0 bridgehead atoms. The Labute approximate surface area is 212 Å². The summed E-state index contributed by atoms with van der Waals surface area (Å²) in [6.45, 7) is 4.12. The second-order valence-electron chi connectivity index (χ2n) is 10.1. The minimum atomic E-state index is -0.497. The number of nitrogens with zero attached hydrogens (tertiary/aromatic N) is 4. The summed E-state index contributed by atoms with van der Waals surface area (Å²) in [7, 11) is 3.15. The van der Waals surface area contributed by atoms with Crippen molar-refractivity contribution in [1.82, 2.24) is 19.6 Å². The lowest BCUT2D eigenvalue weighted by atomic mass is 9.70. The fourth-order valence-corrected chi connectivity index (χ4v) is 5.23. The summed E-state index contributed by atoms with van der Waals surface area (Å²) in [4.78, 5) is 23.0. The Balaban J connectivity index is 1.60. The highest BCUT2D eigenvalue weighted by molar-refractivity contribution is 6.00. The van der Waals surface area contributed by atoms with Gasteiger partial charge < -0.3 is 14.2 Å². The molecule has 1 aliphatic heterocycles. The zero-order valence-electron chi connectivity index (χ0n) is 20.9. The second-order valence-corrected chi connectivity index (χ2v) is 10.1. The lowest BCUT2D eigenvalue weighted by Crippen LogP contribution is -2.33. The summed E-state index contributed by atoms with van der Waals surface area (Å²) in [5, 5.41) is 4.58. The molecular formula is C28H25FN4O4. The number of ketones is 1. The Hall–Kier alpha value is -4.27. The number of methoxy groups -OCH3 is 2. The average Bonchev–Trinajstić information content (AvgIpc) is 3.31. The first-order valence-electron chi connectivity index (χ1n) is 12.0. The van der Waals surface area contributed by atoms with Crippen molar-refractivity contribution in [2.75, 3.05) is 14.2 Å². The molecule has 3 heterocycles. The molecule has 0 spiro atoms. The molecule has 2 aliphatic rings. The number of rotatable bonds is 4. The number of carbonyl (C=O) groups is 1. The third-order valence-corrected chi connectivity index (χ3v) is 6.91. The van der Waals surface area contributed by atoms with Gasteiger partial charge in [0, 0.05) is 24.0 Å². The molecule has 1 unspecified atom stereocenters. The summed E-state index contributed by atoms with van der Waals surface area (Å²) in [6, 6.07) is 11.6. The predicted molar refractivity (Wildman–Crippen MR) is 133 cm³/mol. The van der Waals surface area contributed by atoms with Crippen LogP contribution in [0.2, 0.25) is 0 Å². The molecule has 8 nitrogen and oxygen atoms in total. The molecule has 4 aromatic rings. The van der Waals surface area contributed by atoms with Crippen molar-refractivity contribution in [3.63, 3.8) is 0 Å². The van der Waals surface area contributed by atoms with Crippen molar-refractivity contribution in [3.05, 3.63) is 77.1 Å². The summed E-state index contributed by atoms with van der Waals surface area (Å²) in [5.74, 6) is 1.75. The van der Waals surface area contributed by atoms with E-state index in [0.29, 0.717) is 64.2 Å². The summed E-state index contributed by atoms with van der Waals surface area (Å²) < 4.78 is 32.4. The van der Waals surface area contributed by atoms with Crippen LogP contribution in [0.4, 0.5) is 4.39 Å². The van der Waals surface area contributed by atoms with Crippen LogP contribution in [0, 0.1) is 11.2 Å². The van der Waals surface area contributed by atoms with E-state index in [0.717, 1.165) is 5.56 Å². The molecule has 0 amide bonds. The molecule has 1 aliphatic carbocycles. The van der Waals surface area contributed by atoms with Gasteiger partial charge in [0.25, 0.3) is 0 Å². The average molecular weight is 501 g/mol. The smallest absolute Gasteiger partial charge is 0.228 e. The van der Waals surface area contributed by atoms with E-state index in [4.69, 9.17) is 19.2 Å². The van der Waals surface area contributed by atoms with E-state index in [1.54, 1.807) is 37.2 Å². The van der Waals surface area contributed by atoms with Crippen LogP contribution in [0.3, 0.4) is 0 Å². The maximum atomic E-state index is 13.6. The molecule has 6 rings (SSSR count). The Kier molecular flexibility index (Phi) is 5.25. The molecular weight excluding hydrogens is 475 g/mol. The minimum absolute atomic E-state index is 0.0250. The number of ether oxygens (including phenoxy) is 3. The molecule has 0 N–H and O–H groups in total. The Morgan fingerprint density at radius 2 is 1.81 bits per heavy atom. The van der Waals surface area contributed by atoms with Gasteiger partial charge in [-0.1, -0.05) is 19.9 Å². The van der Waals surface area contributed by atoms with E-state index >= 15 is 0 Å². The van der Waals surface area contributed by atoms with Crippen molar-refractivity contribution in [2.45, 2.75) is 32.6 Å². The first-order valence-corrected chi connectivity index (χ1v) is 12.0. The molecule has 0 saturated heterocycles. The number of halogens is 1. The maximum Gasteiger partial charge on any atom is 0.228 e. The number of hydrogen-bond acceptors (Lipinski definition) is 7. The number of allylic oxidation sites excluding steroid dienone is 2. The normalized spacial score (nSPS) is 18.3. The summed E-state index contributed by atoms with van der Waals surface area (Å²) in [6.07, 6.45) is 2.55. The van der Waals surface area contributed by atoms with E-state index in [-0.39, 0.29) is 17.0 Å². The van der Waals surface area contributed by atoms with Crippen LogP contribution >= 0.6 is 0 Å². The molecule has 0 fully saturated rings. The number of Topliss-reactive ketones (excluding diaryl/α,β-unsaturated/α-hetero) is 1. The van der Waals surface area contributed by atoms with E-state index in [2.05, 4.69) is 23.9 Å². The van der Waals surface area contributed by atoms with Gasteiger partial charge in [0.05, 0.1) is 25.7 Å². The van der Waals surface area contributed by atoms with Gasteiger partial charge in [-0.2, -0.15) is 0 Å². The molecule has 37 heavy (non-hydrogen) atoms. The highest BCUT2D eigenvalue weighted by Gasteiger charge is 2.44. The van der Waals surface area contributed by atoms with Crippen LogP contribution in [0.5, 0.6) is 17.4 Å². The van der Waals surface area contributed by atoms with Crippen LogP contribution in [0.15, 0.2) is 60.1 Å². The molecule has 9 heteroatoms. The van der Waals surface area contributed by atoms with Gasteiger partial charge in [-0.15, -0.1) is 5.10 Å². The maximum absolute atomic E-state index is 13.6. The Morgan fingerprint density at radius 3 is 2.54 bits per heavy atom. The standard InChI is InChI=1S/C28H25FN4O4/c1-28(2)12-18(34)23-21(13-28)37-27-24(22(23)16-7-10-19(35-3)20(11-16)36-4)26-31-25(32-33(26)14-30-27)15-5-8-17(29)9-6-15/h5-11,14,22H,12-13H2,1-4H3. The van der Waals surface area contributed by atoms with E-state index in [9.17, 15) is 9.18 Å². The largest absolute Gasteiger partial charge is 0.493 e. The van der Waals surface area contributed by atoms with Gasteiger partial charge >= 0.3 is 0 Å². The number of carbonyl (C=O) groups excluding carboxylic acids is 1. The summed E-state index contributed by atoms with van der Waals surface area (Å²) >= 11 is 0. The molecule has 1 atom stereocenters. The van der Waals surface area contributed by atoms with Crippen LogP contribution in [0.25, 0.3) is 17.0 Å². The number of aromatic nitrogens is 4. The van der Waals surface area contributed by atoms with Gasteiger partial charge in [-0.3, -0.25) is 4.79 Å². The Morgan fingerprint density at radius 1 is 1.05 bits per heavy atom. The van der Waals surface area contributed by atoms with E-state index in [1.807, 2.05) is 18.2 Å². The first-order chi connectivity index (χ1) is 17.8. The van der Waals surface area contributed by atoms with Crippen LogP contribution in [-0.2, 0) is 4.79 Å². The predicted octanol–water partition coefficient (Wildman–Crippen LogP) is 5.12. The van der Waals surface area contributed by atoms with Gasteiger partial charge in [0.15, 0.2) is 28.8 Å². The lowest BCUT2D eigenvalue weighted by Gasteiger charge is -2.37. The highest BCUT2D eigenvalue weighted by Crippen LogP contribution is 2.51. The van der Waals surface area contributed by atoms with Gasteiger partial charge in [0.2, 0.25) is 5.88 Å². The van der Waals surface area contributed by atoms with Crippen LogP contribution in [-0.4, -0.2) is 39.6 Å². The quantitative estimate of drug-likeness (QED) is 0.385. The second kappa shape index (κ2) is 8.40. The minimum Gasteiger partial charge on any atom is -0.493 e. The number of fused-ring (bicyclic) bond motifs is 3. The Bertz CT molecular complexity index is 1590. The lowest BCUT2D eigenvalue weighted by molar-refractivity contribution is -0.118. The summed E-state index contributed by atoms with van der Waals surface area (Å²) in [5.41, 5.74) is 3.00. The SMILES string of the molecule is COc1ccc(C2C3=C(CC(C)(C)CC3=O)Oc3ncn4nc(-c5ccc(F)cc5)nc4c32)cc1OC. The first kappa shape index (κ1) is 23.1. The molecule has 2 aromatic carbocycles. The van der Waals surface area contributed by atoms with Gasteiger partial charge in [-0.05, 0) is 47.4 Å². The van der Waals surface area contributed by atoms with Crippen molar-refractivity contribution in [3.8, 4) is 28.8 Å². The van der Waals surface area contributed by atoms with Crippen LogP contribution in [0.1, 0.15) is 43.7 Å². The molecule has 2 aromatic heterocycles. The van der Waals surface area contributed by atoms with E-state index < -0.39 is 5.92 Å². The number of hydrogen-bond donors (Lipinski definition) is 0. The zero-order chi connectivity index (χ0) is 25.9.